The van der Waals surface area contributed by atoms with Crippen LogP contribution in [0.3, 0.4) is 0 Å². The number of hydrogen-bond acceptors (Lipinski definition) is 3. The molecule has 0 aromatic carbocycles. The zero-order valence-electron chi connectivity index (χ0n) is 11.4. The van der Waals surface area contributed by atoms with E-state index in [0.717, 1.165) is 0 Å². The molecule has 2 N–H and O–H groups in total. The maximum absolute atomic E-state index is 6.03. The van der Waals surface area contributed by atoms with Gasteiger partial charge in [-0.1, -0.05) is 19.3 Å². The second-order valence-corrected chi connectivity index (χ2v) is 5.29. The summed E-state index contributed by atoms with van der Waals surface area (Å²) in [6.45, 7) is 5.20. The summed E-state index contributed by atoms with van der Waals surface area (Å²) in [5, 5.41) is 0. The van der Waals surface area contributed by atoms with E-state index in [9.17, 15) is 0 Å². The number of likely N-dealkylation sites (tertiary alicyclic amines) is 1. The maximum atomic E-state index is 6.03. The molecule has 1 saturated heterocycles. The smallest absolute Gasteiger partial charge is 0.0488 e. The predicted molar refractivity (Wildman–Crippen MR) is 75.4 cm³/mol. The van der Waals surface area contributed by atoms with Crippen LogP contribution in [0.4, 0.5) is 0 Å². The lowest BCUT2D eigenvalue weighted by molar-refractivity contribution is 0.183. The molecule has 0 aliphatic carbocycles. The second-order valence-electron chi connectivity index (χ2n) is 5.29. The van der Waals surface area contributed by atoms with Gasteiger partial charge in [-0.05, 0) is 50.0 Å². The first-order chi connectivity index (χ1) is 8.83. The Morgan fingerprint density at radius 1 is 1.22 bits per heavy atom. The lowest BCUT2D eigenvalue weighted by atomic mass is 10.00. The van der Waals surface area contributed by atoms with Gasteiger partial charge in [-0.2, -0.15) is 0 Å². The van der Waals surface area contributed by atoms with E-state index >= 15 is 0 Å². The zero-order chi connectivity index (χ0) is 12.8. The zero-order valence-corrected chi connectivity index (χ0v) is 11.4. The summed E-state index contributed by atoms with van der Waals surface area (Å²) < 4.78 is 0. The van der Waals surface area contributed by atoms with Gasteiger partial charge in [-0.3, -0.25) is 9.88 Å². The summed E-state index contributed by atoms with van der Waals surface area (Å²) in [7, 11) is 0. The van der Waals surface area contributed by atoms with Crippen LogP contribution >= 0.6 is 0 Å². The number of nitrogens with two attached hydrogens (primary N) is 1. The van der Waals surface area contributed by atoms with Gasteiger partial charge in [0.2, 0.25) is 0 Å². The Morgan fingerprint density at radius 2 is 1.89 bits per heavy atom. The van der Waals surface area contributed by atoms with E-state index in [4.69, 9.17) is 5.73 Å². The van der Waals surface area contributed by atoms with E-state index in [1.165, 1.54) is 56.3 Å². The van der Waals surface area contributed by atoms with E-state index < -0.39 is 0 Å². The Labute approximate surface area is 110 Å². The molecule has 2 heterocycles. The van der Waals surface area contributed by atoms with Crippen LogP contribution in [0.15, 0.2) is 18.5 Å². The fourth-order valence-corrected chi connectivity index (χ4v) is 2.88. The van der Waals surface area contributed by atoms with Gasteiger partial charge in [0, 0.05) is 25.0 Å². The second kappa shape index (κ2) is 6.86. The Kier molecular flexibility index (Phi) is 5.14. The van der Waals surface area contributed by atoms with E-state index in [1.807, 2.05) is 12.4 Å². The molecule has 3 nitrogen and oxygen atoms in total. The molecule has 1 aromatic rings. The molecular formula is C15H25N3. The average molecular weight is 247 g/mol. The molecular weight excluding hydrogens is 222 g/mol. The lowest BCUT2D eigenvalue weighted by Gasteiger charge is -2.33. The van der Waals surface area contributed by atoms with E-state index in [1.54, 1.807) is 0 Å². The standard InChI is InChI=1S/C15H25N3/c1-13-7-8-17-12-14(13)15(11-16)18-9-5-3-2-4-6-10-18/h7-8,12,15H,2-6,9-11,16H2,1H3. The van der Waals surface area contributed by atoms with Gasteiger partial charge in [0.05, 0.1) is 0 Å². The van der Waals surface area contributed by atoms with Crippen molar-refractivity contribution in [2.24, 2.45) is 5.73 Å². The molecule has 0 saturated carbocycles. The van der Waals surface area contributed by atoms with Crippen molar-refractivity contribution in [2.75, 3.05) is 19.6 Å². The number of nitrogens with zero attached hydrogens (tertiary/aromatic N) is 2. The first-order valence-electron chi connectivity index (χ1n) is 7.17. The number of hydrogen-bond donors (Lipinski definition) is 1. The topological polar surface area (TPSA) is 42.1 Å². The van der Waals surface area contributed by atoms with Gasteiger partial charge in [0.15, 0.2) is 0 Å². The summed E-state index contributed by atoms with van der Waals surface area (Å²) in [5.41, 5.74) is 8.64. The summed E-state index contributed by atoms with van der Waals surface area (Å²) in [6, 6.07) is 2.43. The van der Waals surface area contributed by atoms with Crippen molar-refractivity contribution >= 4 is 0 Å². The van der Waals surface area contributed by atoms with E-state index in [-0.39, 0.29) is 0 Å². The third-order valence-electron chi connectivity index (χ3n) is 3.99. The summed E-state index contributed by atoms with van der Waals surface area (Å²) in [4.78, 5) is 6.83. The van der Waals surface area contributed by atoms with Crippen LogP contribution in [-0.2, 0) is 0 Å². The fourth-order valence-electron chi connectivity index (χ4n) is 2.88. The molecule has 1 atom stereocenters. The van der Waals surface area contributed by atoms with Gasteiger partial charge in [-0.15, -0.1) is 0 Å². The SMILES string of the molecule is Cc1ccncc1C(CN)N1CCCCCCC1. The highest BCUT2D eigenvalue weighted by Crippen LogP contribution is 2.24. The Hall–Kier alpha value is -0.930. The molecule has 0 spiro atoms. The highest BCUT2D eigenvalue weighted by molar-refractivity contribution is 5.25. The van der Waals surface area contributed by atoms with E-state index in [0.29, 0.717) is 12.6 Å². The molecule has 18 heavy (non-hydrogen) atoms. The third kappa shape index (κ3) is 3.30. The highest BCUT2D eigenvalue weighted by Gasteiger charge is 2.21. The molecule has 3 heteroatoms. The molecule has 1 aliphatic heterocycles. The van der Waals surface area contributed by atoms with Crippen LogP contribution in [0.25, 0.3) is 0 Å². The molecule has 1 fully saturated rings. The van der Waals surface area contributed by atoms with Crippen LogP contribution in [0.1, 0.15) is 49.3 Å². The molecule has 1 aromatic heterocycles. The van der Waals surface area contributed by atoms with Crippen molar-refractivity contribution in [2.45, 2.75) is 45.1 Å². The molecule has 100 valence electrons. The number of aromatic nitrogens is 1. The van der Waals surface area contributed by atoms with Crippen LogP contribution in [0.5, 0.6) is 0 Å². The molecule has 2 rings (SSSR count). The van der Waals surface area contributed by atoms with Gasteiger partial charge >= 0.3 is 0 Å². The van der Waals surface area contributed by atoms with Gasteiger partial charge in [0.25, 0.3) is 0 Å². The van der Waals surface area contributed by atoms with Crippen LogP contribution in [0.2, 0.25) is 0 Å². The molecule has 0 radical (unpaired) electrons. The largest absolute Gasteiger partial charge is 0.329 e. The molecule has 0 amide bonds. The third-order valence-corrected chi connectivity index (χ3v) is 3.99. The van der Waals surface area contributed by atoms with Crippen LogP contribution in [0, 0.1) is 6.92 Å². The highest BCUT2D eigenvalue weighted by atomic mass is 15.2. The predicted octanol–water partition coefficient (Wildman–Crippen LogP) is 2.66. The fraction of sp³-hybridized carbons (Fsp3) is 0.667. The number of rotatable bonds is 3. The average Bonchev–Trinajstić information content (AvgIpc) is 2.34. The number of pyridine rings is 1. The monoisotopic (exact) mass is 247 g/mol. The van der Waals surface area contributed by atoms with Crippen molar-refractivity contribution in [1.82, 2.24) is 9.88 Å². The van der Waals surface area contributed by atoms with E-state index in [2.05, 4.69) is 22.9 Å². The quantitative estimate of drug-likeness (QED) is 0.893. The van der Waals surface area contributed by atoms with Crippen molar-refractivity contribution in [1.29, 1.82) is 0 Å². The lowest BCUT2D eigenvalue weighted by Crippen LogP contribution is -2.36. The summed E-state index contributed by atoms with van der Waals surface area (Å²) in [6.07, 6.45) is 10.6. The van der Waals surface area contributed by atoms with Gasteiger partial charge in [-0.25, -0.2) is 0 Å². The minimum Gasteiger partial charge on any atom is -0.329 e. The molecule has 0 bridgehead atoms. The molecule has 1 unspecified atom stereocenters. The Bertz CT molecular complexity index is 357. The molecule has 1 aliphatic rings. The van der Waals surface area contributed by atoms with Crippen LogP contribution < -0.4 is 5.73 Å². The van der Waals surface area contributed by atoms with Crippen LogP contribution in [-0.4, -0.2) is 29.5 Å². The van der Waals surface area contributed by atoms with Gasteiger partial charge in [0.1, 0.15) is 0 Å². The first-order valence-corrected chi connectivity index (χ1v) is 7.17. The summed E-state index contributed by atoms with van der Waals surface area (Å²) in [5.74, 6) is 0. The van der Waals surface area contributed by atoms with Crippen molar-refractivity contribution in [3.05, 3.63) is 29.6 Å². The van der Waals surface area contributed by atoms with Crippen molar-refractivity contribution < 1.29 is 0 Å². The Balaban J connectivity index is 2.13. The minimum absolute atomic E-state index is 0.344. The normalized spacial score (nSPS) is 20.1. The minimum atomic E-state index is 0.344. The van der Waals surface area contributed by atoms with Gasteiger partial charge < -0.3 is 5.73 Å². The van der Waals surface area contributed by atoms with Crippen molar-refractivity contribution in [3.8, 4) is 0 Å². The number of aryl methyl sites for hydroxylation is 1. The Morgan fingerprint density at radius 3 is 2.50 bits per heavy atom. The maximum Gasteiger partial charge on any atom is 0.0488 e. The summed E-state index contributed by atoms with van der Waals surface area (Å²) >= 11 is 0. The van der Waals surface area contributed by atoms with Crippen molar-refractivity contribution in [3.63, 3.8) is 0 Å². The first kappa shape index (κ1) is 13.5.